The maximum atomic E-state index is 8.63. The molecular formula is C8H19NO2. The number of aliphatic hydroxyl groups is 2. The summed E-state index contributed by atoms with van der Waals surface area (Å²) < 4.78 is 0. The molecule has 11 heavy (non-hydrogen) atoms. The summed E-state index contributed by atoms with van der Waals surface area (Å²) in [6, 6.07) is 0.198. The van der Waals surface area contributed by atoms with E-state index in [1.165, 1.54) is 0 Å². The van der Waals surface area contributed by atoms with E-state index in [1.807, 2.05) is 6.92 Å². The molecule has 3 nitrogen and oxygen atoms in total. The van der Waals surface area contributed by atoms with E-state index < -0.39 is 0 Å². The van der Waals surface area contributed by atoms with Crippen LogP contribution in [0.4, 0.5) is 0 Å². The lowest BCUT2D eigenvalue weighted by atomic mass is 10.2. The SMILES string of the molecule is CC(CO)NCCCCCO. The average molecular weight is 161 g/mol. The molecule has 0 saturated heterocycles. The average Bonchev–Trinajstić information content (AvgIpc) is 2.04. The molecule has 0 radical (unpaired) electrons. The van der Waals surface area contributed by atoms with Crippen molar-refractivity contribution in [1.29, 1.82) is 0 Å². The first-order chi connectivity index (χ1) is 5.31. The zero-order valence-corrected chi connectivity index (χ0v) is 7.21. The van der Waals surface area contributed by atoms with Crippen LogP contribution in [0.1, 0.15) is 26.2 Å². The van der Waals surface area contributed by atoms with Gasteiger partial charge in [-0.2, -0.15) is 0 Å². The van der Waals surface area contributed by atoms with Crippen molar-refractivity contribution >= 4 is 0 Å². The number of hydrogen-bond acceptors (Lipinski definition) is 3. The summed E-state index contributed by atoms with van der Waals surface area (Å²) in [5.41, 5.74) is 0. The van der Waals surface area contributed by atoms with Crippen molar-refractivity contribution in [3.05, 3.63) is 0 Å². The lowest BCUT2D eigenvalue weighted by Crippen LogP contribution is -2.29. The Morgan fingerprint density at radius 2 is 1.91 bits per heavy atom. The Morgan fingerprint density at radius 3 is 2.45 bits per heavy atom. The summed E-state index contributed by atoms with van der Waals surface area (Å²) in [6.07, 6.45) is 3.02. The summed E-state index contributed by atoms with van der Waals surface area (Å²) in [6.45, 7) is 3.36. The molecule has 0 heterocycles. The van der Waals surface area contributed by atoms with Crippen LogP contribution in [0.3, 0.4) is 0 Å². The Kier molecular flexibility index (Phi) is 7.89. The molecular weight excluding hydrogens is 142 g/mol. The fraction of sp³-hybridized carbons (Fsp3) is 1.00. The molecule has 1 unspecified atom stereocenters. The molecule has 3 N–H and O–H groups in total. The summed E-state index contributed by atoms with van der Waals surface area (Å²) in [5.74, 6) is 0. The minimum atomic E-state index is 0.194. The van der Waals surface area contributed by atoms with Crippen molar-refractivity contribution in [3.63, 3.8) is 0 Å². The van der Waals surface area contributed by atoms with Gasteiger partial charge in [0.2, 0.25) is 0 Å². The Labute approximate surface area is 68.4 Å². The first-order valence-electron chi connectivity index (χ1n) is 4.26. The van der Waals surface area contributed by atoms with Gasteiger partial charge in [-0.15, -0.1) is 0 Å². The molecule has 0 amide bonds. The highest BCUT2D eigenvalue weighted by Crippen LogP contribution is 1.92. The first kappa shape index (κ1) is 10.9. The second-order valence-electron chi connectivity index (χ2n) is 2.82. The lowest BCUT2D eigenvalue weighted by Gasteiger charge is -2.09. The maximum absolute atomic E-state index is 8.63. The van der Waals surface area contributed by atoms with Crippen molar-refractivity contribution in [2.24, 2.45) is 0 Å². The third-order valence-electron chi connectivity index (χ3n) is 1.60. The van der Waals surface area contributed by atoms with Crippen LogP contribution in [0.15, 0.2) is 0 Å². The second-order valence-corrected chi connectivity index (χ2v) is 2.82. The summed E-state index contributed by atoms with van der Waals surface area (Å²) in [7, 11) is 0. The molecule has 0 aromatic rings. The second kappa shape index (κ2) is 7.98. The Balaban J connectivity index is 2.89. The Bertz CT molecular complexity index is 78.5. The molecule has 0 aromatic carbocycles. The largest absolute Gasteiger partial charge is 0.396 e. The van der Waals surface area contributed by atoms with E-state index in [0.29, 0.717) is 0 Å². The van der Waals surface area contributed by atoms with E-state index in [4.69, 9.17) is 10.2 Å². The minimum absolute atomic E-state index is 0.194. The van der Waals surface area contributed by atoms with Crippen molar-refractivity contribution < 1.29 is 10.2 Å². The van der Waals surface area contributed by atoms with E-state index in [0.717, 1.165) is 25.8 Å². The zero-order chi connectivity index (χ0) is 8.53. The van der Waals surface area contributed by atoms with Gasteiger partial charge >= 0.3 is 0 Å². The number of aliphatic hydroxyl groups excluding tert-OH is 2. The highest BCUT2D eigenvalue weighted by atomic mass is 16.3. The minimum Gasteiger partial charge on any atom is -0.396 e. The van der Waals surface area contributed by atoms with Gasteiger partial charge in [0.05, 0.1) is 6.61 Å². The van der Waals surface area contributed by atoms with Crippen LogP contribution in [0.2, 0.25) is 0 Å². The van der Waals surface area contributed by atoms with Gasteiger partial charge in [0.1, 0.15) is 0 Å². The van der Waals surface area contributed by atoms with E-state index in [1.54, 1.807) is 0 Å². The Morgan fingerprint density at radius 1 is 1.18 bits per heavy atom. The maximum Gasteiger partial charge on any atom is 0.0581 e. The highest BCUT2D eigenvalue weighted by molar-refractivity contribution is 4.57. The third kappa shape index (κ3) is 7.78. The predicted octanol–water partition coefficient (Wildman–Crippen LogP) is 0.119. The summed E-state index contributed by atoms with van der Waals surface area (Å²) in [4.78, 5) is 0. The van der Waals surface area contributed by atoms with Crippen LogP contribution in [-0.2, 0) is 0 Å². The quantitative estimate of drug-likeness (QED) is 0.465. The first-order valence-corrected chi connectivity index (χ1v) is 4.26. The molecule has 0 aliphatic carbocycles. The summed E-state index contributed by atoms with van der Waals surface area (Å²) in [5, 5.41) is 20.3. The molecule has 0 aliphatic rings. The highest BCUT2D eigenvalue weighted by Gasteiger charge is 1.95. The van der Waals surface area contributed by atoms with E-state index >= 15 is 0 Å². The van der Waals surface area contributed by atoms with Crippen LogP contribution in [0.25, 0.3) is 0 Å². The molecule has 0 bridgehead atoms. The number of nitrogens with one attached hydrogen (secondary N) is 1. The monoisotopic (exact) mass is 161 g/mol. The normalized spacial score (nSPS) is 13.4. The van der Waals surface area contributed by atoms with E-state index in [9.17, 15) is 0 Å². The molecule has 0 fully saturated rings. The molecule has 0 aliphatic heterocycles. The molecule has 68 valence electrons. The van der Waals surface area contributed by atoms with E-state index in [-0.39, 0.29) is 19.3 Å². The van der Waals surface area contributed by atoms with E-state index in [2.05, 4.69) is 5.32 Å². The molecule has 0 rings (SSSR count). The van der Waals surface area contributed by atoms with Crippen LogP contribution < -0.4 is 5.32 Å². The lowest BCUT2D eigenvalue weighted by molar-refractivity contribution is 0.249. The van der Waals surface area contributed by atoms with Crippen molar-refractivity contribution in [3.8, 4) is 0 Å². The fourth-order valence-electron chi connectivity index (χ4n) is 0.827. The molecule has 0 saturated carbocycles. The van der Waals surface area contributed by atoms with Gasteiger partial charge in [-0.25, -0.2) is 0 Å². The third-order valence-corrected chi connectivity index (χ3v) is 1.60. The van der Waals surface area contributed by atoms with Gasteiger partial charge in [-0.1, -0.05) is 0 Å². The molecule has 3 heteroatoms. The number of hydrogen-bond donors (Lipinski definition) is 3. The smallest absolute Gasteiger partial charge is 0.0581 e. The molecule has 0 spiro atoms. The molecule has 0 aromatic heterocycles. The van der Waals surface area contributed by atoms with Gasteiger partial charge in [-0.3, -0.25) is 0 Å². The number of unbranched alkanes of at least 4 members (excludes halogenated alkanes) is 2. The van der Waals surface area contributed by atoms with Crippen molar-refractivity contribution in [2.45, 2.75) is 32.2 Å². The standard InChI is InChI=1S/C8H19NO2/c1-8(7-11)9-5-3-2-4-6-10/h8-11H,2-7H2,1H3. The van der Waals surface area contributed by atoms with Gasteiger partial charge < -0.3 is 15.5 Å². The van der Waals surface area contributed by atoms with Gasteiger partial charge in [0.15, 0.2) is 0 Å². The molecule has 1 atom stereocenters. The number of rotatable bonds is 7. The van der Waals surface area contributed by atoms with Crippen molar-refractivity contribution in [1.82, 2.24) is 5.32 Å². The van der Waals surface area contributed by atoms with Crippen LogP contribution in [0, 0.1) is 0 Å². The predicted molar refractivity (Wildman–Crippen MR) is 45.5 cm³/mol. The van der Waals surface area contributed by atoms with Crippen LogP contribution in [-0.4, -0.2) is 36.0 Å². The topological polar surface area (TPSA) is 52.5 Å². The van der Waals surface area contributed by atoms with Crippen LogP contribution in [0.5, 0.6) is 0 Å². The van der Waals surface area contributed by atoms with Crippen molar-refractivity contribution in [2.75, 3.05) is 19.8 Å². The zero-order valence-electron chi connectivity index (χ0n) is 7.21. The van der Waals surface area contributed by atoms with Gasteiger partial charge in [-0.05, 0) is 32.7 Å². The summed E-state index contributed by atoms with van der Waals surface area (Å²) >= 11 is 0. The van der Waals surface area contributed by atoms with Gasteiger partial charge in [0.25, 0.3) is 0 Å². The Hall–Kier alpha value is -0.120. The van der Waals surface area contributed by atoms with Crippen LogP contribution >= 0.6 is 0 Å². The van der Waals surface area contributed by atoms with Gasteiger partial charge in [0, 0.05) is 12.6 Å². The fourth-order valence-corrected chi connectivity index (χ4v) is 0.827.